The lowest BCUT2D eigenvalue weighted by Crippen LogP contribution is -2.38. The van der Waals surface area contributed by atoms with Crippen LogP contribution in [-0.2, 0) is 14.4 Å². The molecule has 2 aliphatic heterocycles. The number of nitrogens with zero attached hydrogens (tertiary/aromatic N) is 2. The van der Waals surface area contributed by atoms with E-state index in [2.05, 4.69) is 0 Å². The number of hydroxylamine groups is 1. The number of para-hydroxylation sites is 2. The van der Waals surface area contributed by atoms with E-state index in [1.807, 2.05) is 61.5 Å². The lowest BCUT2D eigenvalue weighted by molar-refractivity contribution is -0.126. The summed E-state index contributed by atoms with van der Waals surface area (Å²) in [6.07, 6.45) is -1.01. The molecule has 0 bridgehead atoms. The smallest absolute Gasteiger partial charge is 0.266 e. The van der Waals surface area contributed by atoms with E-state index in [1.165, 1.54) is 18.2 Å². The van der Waals surface area contributed by atoms with Crippen molar-refractivity contribution in [2.24, 2.45) is 5.92 Å². The first kappa shape index (κ1) is 18.5. The third-order valence-electron chi connectivity index (χ3n) is 5.73. The highest BCUT2D eigenvalue weighted by Gasteiger charge is 2.60. The Morgan fingerprint density at radius 2 is 1.50 bits per heavy atom. The third kappa shape index (κ3) is 2.72. The van der Waals surface area contributed by atoms with Gasteiger partial charge in [-0.15, -0.1) is 0 Å². The number of fused-ring (bicyclic) bond motifs is 1. The first-order chi connectivity index (χ1) is 14.6. The van der Waals surface area contributed by atoms with E-state index in [0.717, 1.165) is 21.7 Å². The van der Waals surface area contributed by atoms with Gasteiger partial charge in [0.05, 0.1) is 17.4 Å². The van der Waals surface area contributed by atoms with Gasteiger partial charge in [0, 0.05) is 0 Å². The van der Waals surface area contributed by atoms with Gasteiger partial charge in [-0.05, 0) is 42.3 Å². The molecule has 0 unspecified atom stereocenters. The molecule has 0 saturated carbocycles. The van der Waals surface area contributed by atoms with Crippen molar-refractivity contribution in [2.75, 3.05) is 9.96 Å². The van der Waals surface area contributed by atoms with Gasteiger partial charge in [-0.25, -0.2) is 14.4 Å². The van der Waals surface area contributed by atoms with E-state index in [0.29, 0.717) is 0 Å². The first-order valence-electron chi connectivity index (χ1n) is 9.77. The van der Waals surface area contributed by atoms with Crippen molar-refractivity contribution in [3.63, 3.8) is 0 Å². The maximum absolute atomic E-state index is 14.4. The molecule has 2 aliphatic rings. The molecule has 2 saturated heterocycles. The predicted molar refractivity (Wildman–Crippen MR) is 110 cm³/mol. The van der Waals surface area contributed by atoms with Crippen LogP contribution in [-0.4, -0.2) is 17.9 Å². The maximum atomic E-state index is 14.4. The molecule has 0 aromatic heterocycles. The Morgan fingerprint density at radius 3 is 2.23 bits per heavy atom. The van der Waals surface area contributed by atoms with E-state index in [-0.39, 0.29) is 5.69 Å². The standard InChI is InChI=1S/C24H19FN2O3/c1-15-9-5-6-12-17(15)21-20-22(30-27(21)16-10-3-2-4-11-16)24(29)26(23(20)28)19-14-8-7-13-18(19)25/h2-14,20-22H,1H3/t20-,21+,22+/m1/s1. The first-order valence-corrected chi connectivity index (χ1v) is 9.77. The molecular formula is C24H19FN2O3. The summed E-state index contributed by atoms with van der Waals surface area (Å²) in [7, 11) is 0. The Bertz CT molecular complexity index is 1130. The van der Waals surface area contributed by atoms with Crippen molar-refractivity contribution >= 4 is 23.2 Å². The zero-order valence-electron chi connectivity index (χ0n) is 16.2. The molecule has 150 valence electrons. The summed E-state index contributed by atoms with van der Waals surface area (Å²) >= 11 is 0. The van der Waals surface area contributed by atoms with Gasteiger partial charge in [0.25, 0.3) is 5.91 Å². The van der Waals surface area contributed by atoms with Crippen molar-refractivity contribution in [2.45, 2.75) is 19.1 Å². The van der Waals surface area contributed by atoms with Crippen LogP contribution in [0.4, 0.5) is 15.8 Å². The van der Waals surface area contributed by atoms with E-state index in [4.69, 9.17) is 4.84 Å². The fourth-order valence-electron chi connectivity index (χ4n) is 4.32. The average molecular weight is 402 g/mol. The largest absolute Gasteiger partial charge is 0.273 e. The molecule has 3 aromatic carbocycles. The highest BCUT2D eigenvalue weighted by Crippen LogP contribution is 2.48. The number of carbonyl (C=O) groups is 2. The molecule has 30 heavy (non-hydrogen) atoms. The summed E-state index contributed by atoms with van der Waals surface area (Å²) in [6.45, 7) is 1.96. The maximum Gasteiger partial charge on any atom is 0.266 e. The molecule has 3 atom stereocenters. The number of halogens is 1. The molecule has 0 aliphatic carbocycles. The van der Waals surface area contributed by atoms with Gasteiger partial charge < -0.3 is 0 Å². The number of aryl methyl sites for hydroxylation is 1. The van der Waals surface area contributed by atoms with Crippen molar-refractivity contribution in [1.29, 1.82) is 0 Å². The normalized spacial score (nSPS) is 23.2. The van der Waals surface area contributed by atoms with Crippen molar-refractivity contribution in [1.82, 2.24) is 0 Å². The highest BCUT2D eigenvalue weighted by atomic mass is 19.1. The van der Waals surface area contributed by atoms with Gasteiger partial charge in [0.1, 0.15) is 11.7 Å². The minimum Gasteiger partial charge on any atom is -0.273 e. The molecule has 2 fully saturated rings. The molecule has 3 aromatic rings. The molecule has 0 N–H and O–H groups in total. The molecule has 5 nitrogen and oxygen atoms in total. The van der Waals surface area contributed by atoms with Crippen LogP contribution >= 0.6 is 0 Å². The second kappa shape index (κ2) is 7.07. The topological polar surface area (TPSA) is 49.9 Å². The number of benzene rings is 3. The van der Waals surface area contributed by atoms with E-state index < -0.39 is 35.7 Å². The minimum absolute atomic E-state index is 0.0414. The van der Waals surface area contributed by atoms with Crippen LogP contribution in [0.2, 0.25) is 0 Å². The number of imide groups is 1. The highest BCUT2D eigenvalue weighted by molar-refractivity contribution is 6.24. The van der Waals surface area contributed by atoms with E-state index in [1.54, 1.807) is 11.1 Å². The second-order valence-corrected chi connectivity index (χ2v) is 7.48. The summed E-state index contributed by atoms with van der Waals surface area (Å²) in [4.78, 5) is 33.6. The van der Waals surface area contributed by atoms with Crippen molar-refractivity contribution in [3.8, 4) is 0 Å². The minimum atomic E-state index is -1.01. The van der Waals surface area contributed by atoms with Gasteiger partial charge in [-0.1, -0.05) is 54.6 Å². The van der Waals surface area contributed by atoms with Crippen LogP contribution in [0.15, 0.2) is 78.9 Å². The van der Waals surface area contributed by atoms with E-state index in [9.17, 15) is 14.0 Å². The number of carbonyl (C=O) groups excluding carboxylic acids is 2. The van der Waals surface area contributed by atoms with Crippen LogP contribution in [0.25, 0.3) is 0 Å². The lowest BCUT2D eigenvalue weighted by atomic mass is 9.88. The Hall–Kier alpha value is -3.51. The van der Waals surface area contributed by atoms with Crippen LogP contribution in [0.3, 0.4) is 0 Å². The van der Waals surface area contributed by atoms with Crippen LogP contribution < -0.4 is 9.96 Å². The number of rotatable bonds is 3. The lowest BCUT2D eigenvalue weighted by Gasteiger charge is -2.29. The second-order valence-electron chi connectivity index (χ2n) is 7.48. The zero-order chi connectivity index (χ0) is 20.8. The molecule has 0 radical (unpaired) electrons. The molecule has 0 spiro atoms. The summed E-state index contributed by atoms with van der Waals surface area (Å²) in [5.41, 5.74) is 2.58. The fraction of sp³-hybridized carbons (Fsp3) is 0.167. The van der Waals surface area contributed by atoms with Gasteiger partial charge in [-0.3, -0.25) is 14.4 Å². The van der Waals surface area contributed by atoms with Crippen LogP contribution in [0, 0.1) is 18.7 Å². The van der Waals surface area contributed by atoms with Gasteiger partial charge in [0.15, 0.2) is 6.10 Å². The van der Waals surface area contributed by atoms with Crippen LogP contribution in [0.5, 0.6) is 0 Å². The van der Waals surface area contributed by atoms with Crippen molar-refractivity contribution < 1.29 is 18.8 Å². The zero-order valence-corrected chi connectivity index (χ0v) is 16.2. The molecule has 2 amide bonds. The Morgan fingerprint density at radius 1 is 0.833 bits per heavy atom. The summed E-state index contributed by atoms with van der Waals surface area (Å²) in [5, 5.41) is 1.64. The van der Waals surface area contributed by atoms with Crippen LogP contribution in [0.1, 0.15) is 17.2 Å². The Labute approximate surface area is 173 Å². The van der Waals surface area contributed by atoms with Gasteiger partial charge >= 0.3 is 0 Å². The molecule has 2 heterocycles. The molecule has 6 heteroatoms. The van der Waals surface area contributed by atoms with Gasteiger partial charge in [0.2, 0.25) is 5.91 Å². The summed E-state index contributed by atoms with van der Waals surface area (Å²) in [6, 6.07) is 22.4. The van der Waals surface area contributed by atoms with Crippen molar-refractivity contribution in [3.05, 3.63) is 95.8 Å². The molecular weight excluding hydrogens is 383 g/mol. The monoisotopic (exact) mass is 402 g/mol. The summed E-state index contributed by atoms with van der Waals surface area (Å²) in [5.74, 6) is -2.40. The average Bonchev–Trinajstić information content (AvgIpc) is 3.26. The number of amides is 2. The Kier molecular flexibility index (Phi) is 4.37. The fourth-order valence-corrected chi connectivity index (χ4v) is 4.32. The quantitative estimate of drug-likeness (QED) is 0.617. The number of hydrogen-bond acceptors (Lipinski definition) is 4. The number of hydrogen-bond donors (Lipinski definition) is 0. The molecule has 5 rings (SSSR count). The SMILES string of the molecule is Cc1ccccc1[C@H]1[C@H]2C(=O)N(c3ccccc3F)C(=O)[C@H]2ON1c1ccccc1. The summed E-state index contributed by atoms with van der Waals surface area (Å²) < 4.78 is 14.4. The number of anilines is 2. The predicted octanol–water partition coefficient (Wildman–Crippen LogP) is 4.19. The Balaban J connectivity index is 1.62. The van der Waals surface area contributed by atoms with Gasteiger partial charge in [-0.2, -0.15) is 0 Å². The third-order valence-corrected chi connectivity index (χ3v) is 5.73. The van der Waals surface area contributed by atoms with E-state index >= 15 is 0 Å².